The lowest BCUT2D eigenvalue weighted by atomic mass is 9.87. The molecule has 0 bridgehead atoms. The van der Waals surface area contributed by atoms with Gasteiger partial charge in [0.15, 0.2) is 0 Å². The fraction of sp³-hybridized carbons (Fsp3) is 1.00. The van der Waals surface area contributed by atoms with Crippen LogP contribution in [0.5, 0.6) is 0 Å². The lowest BCUT2D eigenvalue weighted by Crippen LogP contribution is -2.44. The predicted molar refractivity (Wildman–Crippen MR) is 68.5 cm³/mol. The van der Waals surface area contributed by atoms with E-state index in [-0.39, 0.29) is 5.60 Å². The third-order valence-corrected chi connectivity index (χ3v) is 8.17. The Morgan fingerprint density at radius 1 is 1.64 bits per heavy atom. The molecule has 1 spiro atoms. The van der Waals surface area contributed by atoms with Crippen LogP contribution in [0.4, 0.5) is 0 Å². The normalized spacial score (nSPS) is 53.9. The zero-order chi connectivity index (χ0) is 10.4. The molecule has 2 unspecified atom stereocenters. The molecule has 2 aliphatic heterocycles. The summed E-state index contributed by atoms with van der Waals surface area (Å²) in [5.41, 5.74) is -1.58. The van der Waals surface area contributed by atoms with Gasteiger partial charge in [0.05, 0.1) is 6.61 Å². The predicted octanol–water partition coefficient (Wildman–Crippen LogP) is 1.44. The lowest BCUT2D eigenvalue weighted by Gasteiger charge is -2.39. The van der Waals surface area contributed by atoms with Crippen molar-refractivity contribution in [1.29, 1.82) is 0 Å². The number of hydrogen-bond donors (Lipinski definition) is 0. The average molecular weight is 250 g/mol. The van der Waals surface area contributed by atoms with E-state index in [0.717, 1.165) is 12.2 Å². The summed E-state index contributed by atoms with van der Waals surface area (Å²) in [7, 11) is 2.15. The summed E-state index contributed by atoms with van der Waals surface area (Å²) < 4.78 is 11.8. The minimum absolute atomic E-state index is 0.0393. The van der Waals surface area contributed by atoms with Crippen LogP contribution >= 0.6 is 16.8 Å². The molecule has 2 nitrogen and oxygen atoms in total. The van der Waals surface area contributed by atoms with Crippen LogP contribution in [-0.4, -0.2) is 38.5 Å². The minimum Gasteiger partial charge on any atom is -0.377 e. The molecule has 0 aromatic heterocycles. The van der Waals surface area contributed by atoms with Gasteiger partial charge in [0.25, 0.3) is 0 Å². The van der Waals surface area contributed by atoms with Gasteiger partial charge < -0.3 is 9.26 Å². The second kappa shape index (κ2) is 3.78. The molecule has 14 heavy (non-hydrogen) atoms. The number of hydrogen-bond acceptors (Lipinski definition) is 4. The van der Waals surface area contributed by atoms with E-state index in [1.807, 2.05) is 0 Å². The molecular weight excluding hydrogens is 234 g/mol. The molecule has 80 valence electrons. The summed E-state index contributed by atoms with van der Waals surface area (Å²) >= 11 is 7.18. The molecule has 2 heterocycles. The molecule has 2 aliphatic rings. The highest BCUT2D eigenvalue weighted by Gasteiger charge is 2.48. The van der Waals surface area contributed by atoms with Crippen molar-refractivity contribution in [2.24, 2.45) is 5.92 Å². The van der Waals surface area contributed by atoms with E-state index in [0.29, 0.717) is 18.5 Å². The van der Waals surface area contributed by atoms with Gasteiger partial charge >= 0.3 is 0 Å². The van der Waals surface area contributed by atoms with Crippen LogP contribution in [0.2, 0.25) is 0 Å². The van der Waals surface area contributed by atoms with E-state index in [1.54, 1.807) is 11.4 Å². The average Bonchev–Trinajstić information content (AvgIpc) is 2.35. The molecule has 0 aromatic rings. The lowest BCUT2D eigenvalue weighted by molar-refractivity contribution is -0.0426. The Morgan fingerprint density at radius 3 is 2.79 bits per heavy atom. The molecule has 4 atom stereocenters. The van der Waals surface area contributed by atoms with Crippen LogP contribution in [-0.2, 0) is 21.1 Å². The molecular formula is C8H16BO2PS2. The van der Waals surface area contributed by atoms with E-state index < -0.39 is 5.47 Å². The molecule has 2 fully saturated rings. The second-order valence-corrected chi connectivity index (χ2v) is 12.4. The van der Waals surface area contributed by atoms with Crippen molar-refractivity contribution in [1.82, 2.24) is 0 Å². The molecule has 2 saturated heterocycles. The van der Waals surface area contributed by atoms with Crippen LogP contribution in [0.25, 0.3) is 0 Å². The summed E-state index contributed by atoms with van der Waals surface area (Å²) in [6.07, 6.45) is 1.15. The van der Waals surface area contributed by atoms with Crippen molar-refractivity contribution in [2.75, 3.05) is 19.0 Å². The molecule has 0 aliphatic carbocycles. The van der Waals surface area contributed by atoms with Crippen LogP contribution in [0.15, 0.2) is 0 Å². The van der Waals surface area contributed by atoms with E-state index in [1.165, 1.54) is 0 Å². The Morgan fingerprint density at radius 2 is 2.36 bits per heavy atom. The first-order chi connectivity index (χ1) is 6.44. The Kier molecular flexibility index (Phi) is 3.09. The van der Waals surface area contributed by atoms with Gasteiger partial charge in [-0.05, 0) is 19.0 Å². The zero-order valence-electron chi connectivity index (χ0n) is 8.86. The maximum atomic E-state index is 6.02. The van der Waals surface area contributed by atoms with Gasteiger partial charge in [-0.2, -0.15) is 0 Å². The molecule has 6 heteroatoms. The fourth-order valence-electron chi connectivity index (χ4n) is 2.16. The molecule has 2 rings (SSSR count). The zero-order valence-corrected chi connectivity index (χ0v) is 11.4. The third kappa shape index (κ3) is 2.07. The minimum atomic E-state index is -1.54. The van der Waals surface area contributed by atoms with Gasteiger partial charge in [0.2, 0.25) is 0 Å². The molecule has 0 aromatic carbocycles. The molecule has 0 amide bonds. The molecule has 0 saturated carbocycles. The van der Waals surface area contributed by atoms with Crippen molar-refractivity contribution in [2.45, 2.75) is 24.9 Å². The Bertz CT molecular complexity index is 275. The highest BCUT2D eigenvalue weighted by atomic mass is 32.9. The SMILES string of the molecule is B[C@H]1CC(C)[C@]2(COP(C)(=S)SC2)O1. The summed E-state index contributed by atoms with van der Waals surface area (Å²) in [5, 5.41) is 0. The van der Waals surface area contributed by atoms with Gasteiger partial charge in [-0.3, -0.25) is 0 Å². The highest BCUT2D eigenvalue weighted by Crippen LogP contribution is 2.62. The van der Waals surface area contributed by atoms with Crippen molar-refractivity contribution < 1.29 is 9.26 Å². The third-order valence-electron chi connectivity index (χ3n) is 3.11. The van der Waals surface area contributed by atoms with Gasteiger partial charge in [0, 0.05) is 11.8 Å². The number of rotatable bonds is 0. The van der Waals surface area contributed by atoms with Gasteiger partial charge in [-0.15, -0.1) is 0 Å². The van der Waals surface area contributed by atoms with Crippen molar-refractivity contribution in [3.63, 3.8) is 0 Å². The quantitative estimate of drug-likeness (QED) is 0.478. The maximum Gasteiger partial charge on any atom is 0.139 e. The van der Waals surface area contributed by atoms with Crippen LogP contribution in [0.3, 0.4) is 0 Å². The first-order valence-corrected chi connectivity index (χ1v) is 9.74. The fourth-order valence-corrected chi connectivity index (χ4v) is 5.95. The largest absolute Gasteiger partial charge is 0.377 e. The number of ether oxygens (including phenoxy) is 1. The van der Waals surface area contributed by atoms with E-state index >= 15 is 0 Å². The Hall–Kier alpha value is 0.985. The van der Waals surface area contributed by atoms with Crippen molar-refractivity contribution in [3.05, 3.63) is 0 Å². The topological polar surface area (TPSA) is 18.5 Å². The standard InChI is InChI=1S/C8H16BO2PS2/c1-6-3-7(9)11-8(6)4-10-12(2,13)14-5-8/h6-7H,3-5,9H2,1-2H3/t6?,7-,8-,12?/m1/s1. The summed E-state index contributed by atoms with van der Waals surface area (Å²) in [4.78, 5) is 0. The van der Waals surface area contributed by atoms with Crippen LogP contribution < -0.4 is 0 Å². The molecule has 0 radical (unpaired) electrons. The van der Waals surface area contributed by atoms with E-state index in [9.17, 15) is 0 Å². The monoisotopic (exact) mass is 250 g/mol. The van der Waals surface area contributed by atoms with Gasteiger partial charge in [-0.25, -0.2) is 0 Å². The van der Waals surface area contributed by atoms with Crippen molar-refractivity contribution in [3.8, 4) is 0 Å². The second-order valence-electron chi connectivity index (χ2n) is 4.45. The summed E-state index contributed by atoms with van der Waals surface area (Å²) in [5.74, 6) is 1.62. The first kappa shape index (κ1) is 11.5. The summed E-state index contributed by atoms with van der Waals surface area (Å²) in [6, 6.07) is 0.377. The van der Waals surface area contributed by atoms with E-state index in [4.69, 9.17) is 21.1 Å². The van der Waals surface area contributed by atoms with Crippen LogP contribution in [0, 0.1) is 5.92 Å². The maximum absolute atomic E-state index is 6.02. The Balaban J connectivity index is 2.09. The van der Waals surface area contributed by atoms with Crippen molar-refractivity contribution >= 4 is 36.5 Å². The van der Waals surface area contributed by atoms with Gasteiger partial charge in [0.1, 0.15) is 18.9 Å². The van der Waals surface area contributed by atoms with Gasteiger partial charge in [-0.1, -0.05) is 30.1 Å². The highest BCUT2D eigenvalue weighted by molar-refractivity contribution is 8.69. The van der Waals surface area contributed by atoms with E-state index in [2.05, 4.69) is 21.4 Å². The van der Waals surface area contributed by atoms with Crippen LogP contribution in [0.1, 0.15) is 13.3 Å². The first-order valence-electron chi connectivity index (χ1n) is 4.98. The molecule has 0 N–H and O–H groups in total. The smallest absolute Gasteiger partial charge is 0.139 e. The summed E-state index contributed by atoms with van der Waals surface area (Å²) in [6.45, 7) is 5.03. The Labute approximate surface area is 95.7 Å².